The molecule has 0 radical (unpaired) electrons. The first kappa shape index (κ1) is 22.2. The fourth-order valence-electron chi connectivity index (χ4n) is 3.08. The van der Waals surface area contributed by atoms with E-state index in [1.165, 1.54) is 37.1 Å². The molecule has 1 aromatic carbocycles. The van der Waals surface area contributed by atoms with Gasteiger partial charge in [0.25, 0.3) is 0 Å². The maximum absolute atomic E-state index is 5.16. The number of likely N-dealkylation sites (tertiary alicyclic amines) is 1. The molecular weight excluding hydrogens is 427 g/mol. The van der Waals surface area contributed by atoms with Crippen molar-refractivity contribution in [3.05, 3.63) is 35.4 Å². The van der Waals surface area contributed by atoms with Crippen LogP contribution in [0.15, 0.2) is 29.3 Å². The number of aryl methyl sites for hydroxylation is 1. The van der Waals surface area contributed by atoms with E-state index in [0.717, 1.165) is 38.1 Å². The zero-order chi connectivity index (χ0) is 17.2. The van der Waals surface area contributed by atoms with Gasteiger partial charge in [-0.25, -0.2) is 0 Å². The van der Waals surface area contributed by atoms with Crippen LogP contribution in [-0.4, -0.2) is 57.8 Å². The molecule has 0 amide bonds. The summed E-state index contributed by atoms with van der Waals surface area (Å²) in [4.78, 5) is 6.83. The van der Waals surface area contributed by atoms with E-state index in [2.05, 4.69) is 51.7 Å². The number of nitrogens with one attached hydrogen (secondary N) is 2. The molecule has 142 valence electrons. The summed E-state index contributed by atoms with van der Waals surface area (Å²) >= 11 is 0. The van der Waals surface area contributed by atoms with Crippen molar-refractivity contribution in [2.24, 2.45) is 10.9 Å². The van der Waals surface area contributed by atoms with Gasteiger partial charge in [-0.1, -0.05) is 24.3 Å². The Hall–Kier alpha value is -0.860. The molecule has 2 N–H and O–H groups in total. The van der Waals surface area contributed by atoms with Gasteiger partial charge in [-0.3, -0.25) is 4.99 Å². The van der Waals surface area contributed by atoms with Crippen LogP contribution < -0.4 is 10.6 Å². The summed E-state index contributed by atoms with van der Waals surface area (Å²) in [6.07, 6.45) is 2.48. The lowest BCUT2D eigenvalue weighted by molar-refractivity contribution is 0.121. The number of hydrogen-bond donors (Lipinski definition) is 2. The van der Waals surface area contributed by atoms with Crippen LogP contribution in [0, 0.1) is 12.8 Å². The van der Waals surface area contributed by atoms with Crippen molar-refractivity contribution in [2.45, 2.75) is 26.3 Å². The van der Waals surface area contributed by atoms with Gasteiger partial charge >= 0.3 is 0 Å². The van der Waals surface area contributed by atoms with Crippen molar-refractivity contribution >= 4 is 29.9 Å². The van der Waals surface area contributed by atoms with E-state index in [1.807, 2.05) is 7.05 Å². The van der Waals surface area contributed by atoms with Gasteiger partial charge in [0.05, 0.1) is 6.61 Å². The van der Waals surface area contributed by atoms with Gasteiger partial charge in [0, 0.05) is 33.8 Å². The summed E-state index contributed by atoms with van der Waals surface area (Å²) in [6, 6.07) is 8.46. The zero-order valence-corrected chi connectivity index (χ0v) is 18.1. The second kappa shape index (κ2) is 12.5. The largest absolute Gasteiger partial charge is 0.383 e. The Balaban J connectivity index is 0.00000312. The Kier molecular flexibility index (Phi) is 11.1. The highest BCUT2D eigenvalue weighted by Crippen LogP contribution is 2.16. The molecule has 1 aliphatic rings. The molecule has 6 heteroatoms. The summed E-state index contributed by atoms with van der Waals surface area (Å²) in [5.41, 5.74) is 2.62. The van der Waals surface area contributed by atoms with Crippen LogP contribution in [-0.2, 0) is 11.3 Å². The summed E-state index contributed by atoms with van der Waals surface area (Å²) < 4.78 is 5.16. The highest BCUT2D eigenvalue weighted by Gasteiger charge is 2.18. The Morgan fingerprint density at radius 1 is 1.24 bits per heavy atom. The third-order valence-electron chi connectivity index (χ3n) is 4.81. The molecule has 1 fully saturated rings. The van der Waals surface area contributed by atoms with E-state index in [0.29, 0.717) is 0 Å². The lowest BCUT2D eigenvalue weighted by Crippen LogP contribution is -2.43. The lowest BCUT2D eigenvalue weighted by Gasteiger charge is -2.32. The second-order valence-electron chi connectivity index (χ2n) is 6.51. The Bertz CT molecular complexity index is 516. The first-order valence-corrected chi connectivity index (χ1v) is 8.93. The summed E-state index contributed by atoms with van der Waals surface area (Å²) in [7, 11) is 3.60. The maximum atomic E-state index is 5.16. The number of hydrogen-bond acceptors (Lipinski definition) is 3. The number of guanidine groups is 1. The standard InChI is InChI=1S/C19H32N4O.HI/c1-16-6-4-5-7-18(16)15-22-19(20-2)21-14-17-8-10-23(11-9-17)12-13-24-3;/h4-7,17H,8-15H2,1-3H3,(H2,20,21,22);1H. The highest BCUT2D eigenvalue weighted by molar-refractivity contribution is 14.0. The van der Waals surface area contributed by atoms with E-state index in [4.69, 9.17) is 4.74 Å². The predicted molar refractivity (Wildman–Crippen MR) is 116 cm³/mol. The van der Waals surface area contributed by atoms with Crippen molar-refractivity contribution < 1.29 is 4.74 Å². The number of methoxy groups -OCH3 is 1. The topological polar surface area (TPSA) is 48.9 Å². The smallest absolute Gasteiger partial charge is 0.191 e. The van der Waals surface area contributed by atoms with Gasteiger partial charge in [0.1, 0.15) is 0 Å². The first-order chi connectivity index (χ1) is 11.7. The molecule has 5 nitrogen and oxygen atoms in total. The second-order valence-corrected chi connectivity index (χ2v) is 6.51. The van der Waals surface area contributed by atoms with Crippen LogP contribution in [0.2, 0.25) is 0 Å². The number of rotatable bonds is 7. The fourth-order valence-corrected chi connectivity index (χ4v) is 3.08. The van der Waals surface area contributed by atoms with E-state index in [9.17, 15) is 0 Å². The third kappa shape index (κ3) is 7.92. The maximum Gasteiger partial charge on any atom is 0.191 e. The fraction of sp³-hybridized carbons (Fsp3) is 0.632. The number of benzene rings is 1. The van der Waals surface area contributed by atoms with Crippen LogP contribution in [0.3, 0.4) is 0 Å². The summed E-state index contributed by atoms with van der Waals surface area (Å²) in [5, 5.41) is 6.90. The number of aliphatic imine (C=N–C) groups is 1. The quantitative estimate of drug-likeness (QED) is 0.373. The molecule has 0 saturated carbocycles. The number of nitrogens with zero attached hydrogens (tertiary/aromatic N) is 2. The van der Waals surface area contributed by atoms with Crippen LogP contribution in [0.25, 0.3) is 0 Å². The van der Waals surface area contributed by atoms with Gasteiger partial charge in [0.2, 0.25) is 0 Å². The molecule has 1 aromatic rings. The molecule has 0 bridgehead atoms. The molecular formula is C19H33IN4O. The minimum Gasteiger partial charge on any atom is -0.383 e. The molecule has 1 saturated heterocycles. The lowest BCUT2D eigenvalue weighted by atomic mass is 9.97. The molecule has 1 aliphatic heterocycles. The number of halogens is 1. The third-order valence-corrected chi connectivity index (χ3v) is 4.81. The highest BCUT2D eigenvalue weighted by atomic mass is 127. The van der Waals surface area contributed by atoms with Crippen molar-refractivity contribution in [3.8, 4) is 0 Å². The molecule has 0 aromatic heterocycles. The van der Waals surface area contributed by atoms with E-state index >= 15 is 0 Å². The van der Waals surface area contributed by atoms with Crippen molar-refractivity contribution in [3.63, 3.8) is 0 Å². The Morgan fingerprint density at radius 2 is 1.96 bits per heavy atom. The molecule has 1 heterocycles. The van der Waals surface area contributed by atoms with Crippen molar-refractivity contribution in [1.82, 2.24) is 15.5 Å². The van der Waals surface area contributed by atoms with Crippen LogP contribution in [0.4, 0.5) is 0 Å². The van der Waals surface area contributed by atoms with E-state index in [-0.39, 0.29) is 24.0 Å². The van der Waals surface area contributed by atoms with Crippen LogP contribution in [0.1, 0.15) is 24.0 Å². The normalized spacial score (nSPS) is 16.4. The van der Waals surface area contributed by atoms with Crippen LogP contribution in [0.5, 0.6) is 0 Å². The number of piperidine rings is 1. The average molecular weight is 460 g/mol. The van der Waals surface area contributed by atoms with Gasteiger partial charge in [-0.2, -0.15) is 0 Å². The minimum absolute atomic E-state index is 0. The summed E-state index contributed by atoms with van der Waals surface area (Å²) in [6.45, 7) is 8.17. The Morgan fingerprint density at radius 3 is 2.60 bits per heavy atom. The van der Waals surface area contributed by atoms with E-state index < -0.39 is 0 Å². The summed E-state index contributed by atoms with van der Waals surface area (Å²) in [5.74, 6) is 1.61. The SMILES string of the molecule is CN=C(NCc1ccccc1C)NCC1CCN(CCOC)CC1.I. The van der Waals surface area contributed by atoms with Gasteiger partial charge < -0.3 is 20.3 Å². The monoisotopic (exact) mass is 460 g/mol. The van der Waals surface area contributed by atoms with Gasteiger partial charge in [0.15, 0.2) is 5.96 Å². The minimum atomic E-state index is 0. The number of ether oxygens (including phenoxy) is 1. The molecule has 0 atom stereocenters. The Labute approximate surface area is 169 Å². The van der Waals surface area contributed by atoms with Gasteiger partial charge in [-0.05, 0) is 49.9 Å². The molecule has 25 heavy (non-hydrogen) atoms. The molecule has 0 aliphatic carbocycles. The van der Waals surface area contributed by atoms with Crippen molar-refractivity contribution in [1.29, 1.82) is 0 Å². The average Bonchev–Trinajstić information content (AvgIpc) is 2.62. The molecule has 2 rings (SSSR count). The molecule has 0 spiro atoms. The first-order valence-electron chi connectivity index (χ1n) is 8.93. The van der Waals surface area contributed by atoms with E-state index in [1.54, 1.807) is 7.11 Å². The molecule has 0 unspecified atom stereocenters. The van der Waals surface area contributed by atoms with Crippen LogP contribution >= 0.6 is 24.0 Å². The predicted octanol–water partition coefficient (Wildman–Crippen LogP) is 2.64. The van der Waals surface area contributed by atoms with Gasteiger partial charge in [-0.15, -0.1) is 24.0 Å². The van der Waals surface area contributed by atoms with Crippen molar-refractivity contribution in [2.75, 3.05) is 46.9 Å². The zero-order valence-electron chi connectivity index (χ0n) is 15.8.